The van der Waals surface area contributed by atoms with Gasteiger partial charge in [-0.05, 0) is 18.4 Å². The fourth-order valence-electron chi connectivity index (χ4n) is 2.46. The van der Waals surface area contributed by atoms with Gasteiger partial charge in [-0.25, -0.2) is 4.98 Å². The van der Waals surface area contributed by atoms with Crippen LogP contribution in [-0.2, 0) is 4.79 Å². The first-order valence-corrected chi connectivity index (χ1v) is 6.96. The third kappa shape index (κ3) is 3.18. The van der Waals surface area contributed by atoms with E-state index in [-0.39, 0.29) is 22.5 Å². The minimum absolute atomic E-state index is 0.0271. The van der Waals surface area contributed by atoms with Crippen LogP contribution in [0.15, 0.2) is 12.3 Å². The van der Waals surface area contributed by atoms with Crippen LogP contribution in [0.4, 0.5) is 5.69 Å². The summed E-state index contributed by atoms with van der Waals surface area (Å²) in [5, 5.41) is 10.9. The van der Waals surface area contributed by atoms with E-state index in [1.165, 1.54) is 0 Å². The van der Waals surface area contributed by atoms with Crippen LogP contribution in [0, 0.1) is 16.0 Å². The van der Waals surface area contributed by atoms with E-state index in [1.54, 1.807) is 0 Å². The molecule has 0 N–H and O–H groups in total. The average Bonchev–Trinajstić information content (AvgIpc) is 2.78. The highest BCUT2D eigenvalue weighted by atomic mass is 35.5. The van der Waals surface area contributed by atoms with Gasteiger partial charge in [0.05, 0.1) is 4.92 Å². The summed E-state index contributed by atoms with van der Waals surface area (Å²) in [6.45, 7) is 2.30. The number of hydrogen-bond acceptors (Lipinski definition) is 5. The number of aromatic nitrogens is 1. The van der Waals surface area contributed by atoms with Gasteiger partial charge in [-0.15, -0.1) is 0 Å². The van der Waals surface area contributed by atoms with Gasteiger partial charge in [0.25, 0.3) is 11.6 Å². The van der Waals surface area contributed by atoms with Gasteiger partial charge < -0.3 is 0 Å². The van der Waals surface area contributed by atoms with Crippen molar-refractivity contribution in [2.45, 2.75) is 26.2 Å². The van der Waals surface area contributed by atoms with Crippen LogP contribution in [-0.4, -0.2) is 33.2 Å². The van der Waals surface area contributed by atoms with E-state index < -0.39 is 16.5 Å². The number of hydrogen-bond donors (Lipinski definition) is 0. The molecule has 0 aliphatic carbocycles. The lowest BCUT2D eigenvalue weighted by molar-refractivity contribution is -0.385. The molecule has 2 amide bonds. The van der Waals surface area contributed by atoms with Crippen LogP contribution in [0.1, 0.15) is 36.5 Å². The van der Waals surface area contributed by atoms with Gasteiger partial charge in [0.15, 0.2) is 0 Å². The number of rotatable bonds is 4. The van der Waals surface area contributed by atoms with Gasteiger partial charge in [-0.2, -0.15) is 0 Å². The summed E-state index contributed by atoms with van der Waals surface area (Å²) in [5.41, 5.74) is -0.651. The van der Waals surface area contributed by atoms with Gasteiger partial charge in [0.2, 0.25) is 5.91 Å². The average molecular weight is 312 g/mol. The molecule has 112 valence electrons. The molecule has 2 heterocycles. The second-order valence-electron chi connectivity index (χ2n) is 4.95. The van der Waals surface area contributed by atoms with E-state index in [4.69, 9.17) is 11.6 Å². The molecule has 1 saturated heterocycles. The molecule has 1 fully saturated rings. The minimum atomic E-state index is -0.708. The van der Waals surface area contributed by atoms with Crippen molar-refractivity contribution in [2.75, 3.05) is 6.54 Å². The molecular weight excluding hydrogens is 298 g/mol. The lowest BCUT2D eigenvalue weighted by atomic mass is 10.0. The number of pyridine rings is 1. The topological polar surface area (TPSA) is 93.4 Å². The Balaban J connectivity index is 2.30. The fraction of sp³-hybridized carbons (Fsp3) is 0.462. The second-order valence-corrected chi connectivity index (χ2v) is 5.34. The summed E-state index contributed by atoms with van der Waals surface area (Å²) in [5.74, 6) is -0.877. The Morgan fingerprint density at radius 1 is 1.62 bits per heavy atom. The van der Waals surface area contributed by atoms with Gasteiger partial charge in [0, 0.05) is 13.0 Å². The maximum absolute atomic E-state index is 12.4. The van der Waals surface area contributed by atoms with E-state index >= 15 is 0 Å². The zero-order chi connectivity index (χ0) is 15.6. The second kappa shape index (κ2) is 6.17. The molecule has 1 aliphatic heterocycles. The minimum Gasteiger partial charge on any atom is -0.278 e. The first-order valence-electron chi connectivity index (χ1n) is 6.58. The van der Waals surface area contributed by atoms with Crippen molar-refractivity contribution >= 4 is 29.1 Å². The van der Waals surface area contributed by atoms with Crippen molar-refractivity contribution in [3.63, 3.8) is 0 Å². The number of halogens is 1. The SMILES string of the molecule is CCCC1CC(=O)N(C(=O)c2cc(Cl)ncc2[N+](=O)[O-])C1. The first kappa shape index (κ1) is 15.4. The van der Waals surface area contributed by atoms with Crippen molar-refractivity contribution in [2.24, 2.45) is 5.92 Å². The predicted molar refractivity (Wildman–Crippen MR) is 75.0 cm³/mol. The largest absolute Gasteiger partial charge is 0.300 e. The molecule has 1 aromatic heterocycles. The summed E-state index contributed by atoms with van der Waals surface area (Å²) < 4.78 is 0. The Kier molecular flexibility index (Phi) is 4.52. The van der Waals surface area contributed by atoms with Crippen LogP contribution in [0.25, 0.3) is 0 Å². The van der Waals surface area contributed by atoms with Gasteiger partial charge in [-0.3, -0.25) is 24.6 Å². The molecule has 21 heavy (non-hydrogen) atoms. The Bertz CT molecular complexity index is 605. The van der Waals surface area contributed by atoms with E-state index in [1.807, 2.05) is 6.92 Å². The standard InChI is InChI=1S/C13H14ClN3O4/c1-2-3-8-4-12(18)16(7-8)13(19)9-5-11(14)15-6-10(9)17(20)21/h5-6,8H,2-4,7H2,1H3. The number of nitrogens with zero attached hydrogens (tertiary/aromatic N) is 3. The number of imide groups is 1. The zero-order valence-electron chi connectivity index (χ0n) is 11.4. The van der Waals surface area contributed by atoms with E-state index in [2.05, 4.69) is 4.98 Å². The van der Waals surface area contributed by atoms with Crippen LogP contribution in [0.3, 0.4) is 0 Å². The highest BCUT2D eigenvalue weighted by molar-refractivity contribution is 6.30. The summed E-state index contributed by atoms with van der Waals surface area (Å²) in [7, 11) is 0. The molecular formula is C13H14ClN3O4. The van der Waals surface area contributed by atoms with Crippen LogP contribution < -0.4 is 0 Å². The number of amides is 2. The zero-order valence-corrected chi connectivity index (χ0v) is 12.2. The summed E-state index contributed by atoms with van der Waals surface area (Å²) in [4.78, 5) is 39.3. The molecule has 7 nitrogen and oxygen atoms in total. The van der Waals surface area contributed by atoms with E-state index in [9.17, 15) is 19.7 Å². The van der Waals surface area contributed by atoms with Gasteiger partial charge in [-0.1, -0.05) is 24.9 Å². The molecule has 1 unspecified atom stereocenters. The smallest absolute Gasteiger partial charge is 0.278 e. The summed E-state index contributed by atoms with van der Waals surface area (Å²) in [6, 6.07) is 1.13. The Hall–Kier alpha value is -2.02. The predicted octanol–water partition coefficient (Wildman–Crippen LogP) is 2.43. The molecule has 0 aromatic carbocycles. The molecule has 0 saturated carbocycles. The van der Waals surface area contributed by atoms with E-state index in [0.29, 0.717) is 13.0 Å². The van der Waals surface area contributed by atoms with E-state index in [0.717, 1.165) is 30.0 Å². The molecule has 1 aromatic rings. The molecule has 2 rings (SSSR count). The number of likely N-dealkylation sites (tertiary alicyclic amines) is 1. The Morgan fingerprint density at radius 2 is 2.33 bits per heavy atom. The van der Waals surface area contributed by atoms with Gasteiger partial charge in [0.1, 0.15) is 16.9 Å². The monoisotopic (exact) mass is 311 g/mol. The van der Waals surface area contributed by atoms with Gasteiger partial charge >= 0.3 is 0 Å². The maximum atomic E-state index is 12.4. The van der Waals surface area contributed by atoms with Crippen molar-refractivity contribution in [3.05, 3.63) is 33.1 Å². The molecule has 0 radical (unpaired) electrons. The molecule has 1 atom stereocenters. The molecule has 1 aliphatic rings. The quantitative estimate of drug-likeness (QED) is 0.368. The van der Waals surface area contributed by atoms with Crippen LogP contribution in [0.5, 0.6) is 0 Å². The third-order valence-corrected chi connectivity index (χ3v) is 3.63. The normalized spacial score (nSPS) is 18.1. The fourth-order valence-corrected chi connectivity index (χ4v) is 2.62. The molecule has 0 spiro atoms. The van der Waals surface area contributed by atoms with Crippen molar-refractivity contribution < 1.29 is 14.5 Å². The molecule has 0 bridgehead atoms. The summed E-state index contributed by atoms with van der Waals surface area (Å²) >= 11 is 5.70. The number of carbonyl (C=O) groups is 2. The molecule has 8 heteroatoms. The maximum Gasteiger partial charge on any atom is 0.300 e. The summed E-state index contributed by atoms with van der Waals surface area (Å²) in [6.07, 6.45) is 2.99. The van der Waals surface area contributed by atoms with Crippen molar-refractivity contribution in [1.82, 2.24) is 9.88 Å². The highest BCUT2D eigenvalue weighted by Crippen LogP contribution is 2.27. The lowest BCUT2D eigenvalue weighted by Crippen LogP contribution is -2.33. The van der Waals surface area contributed by atoms with Crippen LogP contribution >= 0.6 is 11.6 Å². The first-order chi connectivity index (χ1) is 9.93. The van der Waals surface area contributed by atoms with Crippen molar-refractivity contribution in [1.29, 1.82) is 0 Å². The number of carbonyl (C=O) groups excluding carboxylic acids is 2. The number of nitro groups is 1. The Labute approximate surface area is 126 Å². The van der Waals surface area contributed by atoms with Crippen LogP contribution in [0.2, 0.25) is 5.15 Å². The third-order valence-electron chi connectivity index (χ3n) is 3.42. The van der Waals surface area contributed by atoms with Crippen molar-refractivity contribution in [3.8, 4) is 0 Å². The highest BCUT2D eigenvalue weighted by Gasteiger charge is 2.36. The lowest BCUT2D eigenvalue weighted by Gasteiger charge is -2.14. The Morgan fingerprint density at radius 3 is 2.95 bits per heavy atom.